The van der Waals surface area contributed by atoms with Crippen LogP contribution in [0.2, 0.25) is 0 Å². The van der Waals surface area contributed by atoms with E-state index in [0.717, 1.165) is 39.9 Å². The molecule has 0 saturated carbocycles. The fraction of sp³-hybridized carbons (Fsp3) is 0.231. The van der Waals surface area contributed by atoms with Crippen molar-refractivity contribution in [3.05, 3.63) is 83.9 Å². The van der Waals surface area contributed by atoms with Crippen molar-refractivity contribution >= 4 is 17.6 Å². The number of nitrogens with zero attached hydrogens (tertiary/aromatic N) is 3. The third-order valence-electron chi connectivity index (χ3n) is 5.89. The molecule has 0 aromatic heterocycles. The molecule has 2 aliphatic heterocycles. The van der Waals surface area contributed by atoms with Crippen molar-refractivity contribution in [2.45, 2.75) is 6.54 Å². The van der Waals surface area contributed by atoms with Gasteiger partial charge >= 0.3 is 6.03 Å². The first-order valence-corrected chi connectivity index (χ1v) is 11.1. The second-order valence-corrected chi connectivity index (χ2v) is 7.99. The molecule has 2 aliphatic rings. The van der Waals surface area contributed by atoms with Gasteiger partial charge in [-0.25, -0.2) is 9.79 Å². The Morgan fingerprint density at radius 2 is 1.73 bits per heavy atom. The molecule has 168 valence electrons. The van der Waals surface area contributed by atoms with Gasteiger partial charge in [0.05, 0.1) is 12.7 Å². The molecule has 2 heterocycles. The van der Waals surface area contributed by atoms with Crippen molar-refractivity contribution in [3.63, 3.8) is 0 Å². The average Bonchev–Trinajstić information content (AvgIpc) is 3.04. The zero-order valence-electron chi connectivity index (χ0n) is 18.5. The van der Waals surface area contributed by atoms with Crippen LogP contribution in [-0.4, -0.2) is 55.0 Å². The first-order valence-electron chi connectivity index (χ1n) is 11.1. The minimum absolute atomic E-state index is 0.0444. The van der Waals surface area contributed by atoms with Crippen LogP contribution in [0.15, 0.2) is 77.8 Å². The zero-order chi connectivity index (χ0) is 22.6. The van der Waals surface area contributed by atoms with Gasteiger partial charge in [-0.2, -0.15) is 0 Å². The Labute approximate surface area is 193 Å². The minimum atomic E-state index is -0.0444. The highest BCUT2D eigenvalue weighted by molar-refractivity contribution is 6.04. The van der Waals surface area contributed by atoms with E-state index in [1.54, 1.807) is 7.11 Å². The van der Waals surface area contributed by atoms with Crippen molar-refractivity contribution < 1.29 is 14.3 Å². The van der Waals surface area contributed by atoms with Gasteiger partial charge in [-0.3, -0.25) is 0 Å². The topological polar surface area (TPSA) is 66.4 Å². The summed E-state index contributed by atoms with van der Waals surface area (Å²) in [6.07, 6.45) is 0. The third-order valence-corrected chi connectivity index (χ3v) is 5.89. The van der Waals surface area contributed by atoms with Gasteiger partial charge < -0.3 is 24.6 Å². The standard InChI is InChI=1S/C26H26N4O3/c1-32-20-11-12-23-21(17-20)25(28-22-9-5-6-10-24(22)33-23)29-13-15-30(16-14-29)26(31)27-18-19-7-3-2-4-8-19/h2-12,17H,13-16,18H2,1H3,(H,27,31). The summed E-state index contributed by atoms with van der Waals surface area (Å²) < 4.78 is 11.6. The number of carbonyl (C=O) groups excluding carboxylic acids is 1. The maximum absolute atomic E-state index is 12.7. The Balaban J connectivity index is 1.33. The monoisotopic (exact) mass is 442 g/mol. The highest BCUT2D eigenvalue weighted by atomic mass is 16.5. The summed E-state index contributed by atoms with van der Waals surface area (Å²) in [6.45, 7) is 3.10. The van der Waals surface area contributed by atoms with E-state index in [-0.39, 0.29) is 6.03 Å². The average molecular weight is 443 g/mol. The second kappa shape index (κ2) is 9.24. The van der Waals surface area contributed by atoms with Crippen LogP contribution in [0.3, 0.4) is 0 Å². The van der Waals surface area contributed by atoms with Crippen LogP contribution in [0.4, 0.5) is 10.5 Å². The predicted octanol–water partition coefficient (Wildman–Crippen LogP) is 4.41. The summed E-state index contributed by atoms with van der Waals surface area (Å²) in [6, 6.07) is 23.4. The number of piperazine rings is 1. The quantitative estimate of drug-likeness (QED) is 0.653. The molecular formula is C26H26N4O3. The molecule has 0 atom stereocenters. The Morgan fingerprint density at radius 1 is 0.970 bits per heavy atom. The number of hydrogen-bond acceptors (Lipinski definition) is 5. The molecule has 1 fully saturated rings. The molecule has 7 nitrogen and oxygen atoms in total. The number of nitrogens with one attached hydrogen (secondary N) is 1. The molecule has 0 radical (unpaired) electrons. The predicted molar refractivity (Wildman–Crippen MR) is 128 cm³/mol. The third kappa shape index (κ3) is 4.48. The van der Waals surface area contributed by atoms with Gasteiger partial charge in [0.1, 0.15) is 23.0 Å². The lowest BCUT2D eigenvalue weighted by molar-refractivity contribution is 0.169. The van der Waals surface area contributed by atoms with Gasteiger partial charge in [-0.05, 0) is 35.9 Å². The molecule has 3 aromatic carbocycles. The van der Waals surface area contributed by atoms with E-state index in [1.165, 1.54) is 0 Å². The molecule has 7 heteroatoms. The van der Waals surface area contributed by atoms with Crippen LogP contribution in [-0.2, 0) is 6.54 Å². The second-order valence-electron chi connectivity index (χ2n) is 7.99. The van der Waals surface area contributed by atoms with Gasteiger partial charge in [0.25, 0.3) is 0 Å². The molecule has 0 bridgehead atoms. The van der Waals surface area contributed by atoms with E-state index in [9.17, 15) is 4.79 Å². The number of hydrogen-bond donors (Lipinski definition) is 1. The van der Waals surface area contributed by atoms with E-state index in [1.807, 2.05) is 77.7 Å². The fourth-order valence-corrected chi connectivity index (χ4v) is 4.08. The lowest BCUT2D eigenvalue weighted by Crippen LogP contribution is -2.53. The number of para-hydroxylation sites is 2. The number of aliphatic imine (C=N–C) groups is 1. The summed E-state index contributed by atoms with van der Waals surface area (Å²) in [5.74, 6) is 3.04. The summed E-state index contributed by atoms with van der Waals surface area (Å²) >= 11 is 0. The molecular weight excluding hydrogens is 416 g/mol. The van der Waals surface area contributed by atoms with E-state index in [4.69, 9.17) is 14.5 Å². The molecule has 0 aliphatic carbocycles. The van der Waals surface area contributed by atoms with E-state index in [0.29, 0.717) is 32.7 Å². The molecule has 0 unspecified atom stereocenters. The minimum Gasteiger partial charge on any atom is -0.497 e. The maximum atomic E-state index is 12.7. The van der Waals surface area contributed by atoms with Crippen molar-refractivity contribution in [3.8, 4) is 17.2 Å². The molecule has 2 amide bonds. The van der Waals surface area contributed by atoms with Crippen molar-refractivity contribution in [1.82, 2.24) is 15.1 Å². The van der Waals surface area contributed by atoms with Crippen molar-refractivity contribution in [2.75, 3.05) is 33.3 Å². The number of rotatable bonds is 3. The summed E-state index contributed by atoms with van der Waals surface area (Å²) in [7, 11) is 1.65. The number of amidine groups is 1. The number of benzene rings is 3. The van der Waals surface area contributed by atoms with Crippen LogP contribution < -0.4 is 14.8 Å². The van der Waals surface area contributed by atoms with Gasteiger partial charge in [-0.15, -0.1) is 0 Å². The summed E-state index contributed by atoms with van der Waals surface area (Å²) in [5, 5.41) is 3.02. The van der Waals surface area contributed by atoms with Crippen LogP contribution in [0, 0.1) is 0 Å². The number of amides is 2. The van der Waals surface area contributed by atoms with Crippen molar-refractivity contribution in [2.24, 2.45) is 4.99 Å². The van der Waals surface area contributed by atoms with Gasteiger partial charge in [0, 0.05) is 32.7 Å². The van der Waals surface area contributed by atoms with Crippen LogP contribution in [0.1, 0.15) is 11.1 Å². The van der Waals surface area contributed by atoms with Gasteiger partial charge in [-0.1, -0.05) is 42.5 Å². The maximum Gasteiger partial charge on any atom is 0.317 e. The Bertz CT molecular complexity index is 1170. The summed E-state index contributed by atoms with van der Waals surface area (Å²) in [5.41, 5.74) is 2.75. The number of methoxy groups -OCH3 is 1. The molecule has 3 aromatic rings. The van der Waals surface area contributed by atoms with Gasteiger partial charge in [0.2, 0.25) is 0 Å². The van der Waals surface area contributed by atoms with E-state index in [2.05, 4.69) is 10.2 Å². The Morgan fingerprint density at radius 3 is 2.52 bits per heavy atom. The number of carbonyl (C=O) groups is 1. The van der Waals surface area contributed by atoms with Gasteiger partial charge in [0.15, 0.2) is 5.75 Å². The Hall–Kier alpha value is -4.00. The normalized spacial score (nSPS) is 14.9. The fourth-order valence-electron chi connectivity index (χ4n) is 4.08. The van der Waals surface area contributed by atoms with E-state index < -0.39 is 0 Å². The van der Waals surface area contributed by atoms with Crippen molar-refractivity contribution in [1.29, 1.82) is 0 Å². The van der Waals surface area contributed by atoms with E-state index >= 15 is 0 Å². The van der Waals surface area contributed by atoms with Crippen LogP contribution >= 0.6 is 0 Å². The molecule has 1 saturated heterocycles. The smallest absolute Gasteiger partial charge is 0.317 e. The first kappa shape index (κ1) is 20.9. The molecule has 33 heavy (non-hydrogen) atoms. The van der Waals surface area contributed by atoms with Crippen LogP contribution in [0.25, 0.3) is 0 Å². The van der Waals surface area contributed by atoms with Crippen LogP contribution in [0.5, 0.6) is 17.2 Å². The SMILES string of the molecule is COc1ccc2c(c1)C(N1CCN(C(=O)NCc3ccccc3)CC1)=Nc1ccccc1O2. The molecule has 5 rings (SSSR count). The Kier molecular flexibility index (Phi) is 5.85. The lowest BCUT2D eigenvalue weighted by atomic mass is 10.1. The highest BCUT2D eigenvalue weighted by Gasteiger charge is 2.27. The highest BCUT2D eigenvalue weighted by Crippen LogP contribution is 2.39. The number of urea groups is 1. The summed E-state index contributed by atoms with van der Waals surface area (Å²) in [4.78, 5) is 21.7. The first-order chi connectivity index (χ1) is 16.2. The molecule has 1 N–H and O–H groups in total. The largest absolute Gasteiger partial charge is 0.497 e. The molecule has 0 spiro atoms. The lowest BCUT2D eigenvalue weighted by Gasteiger charge is -2.36. The zero-order valence-corrected chi connectivity index (χ0v) is 18.5. The number of fused-ring (bicyclic) bond motifs is 2. The number of ether oxygens (including phenoxy) is 2.